The highest BCUT2D eigenvalue weighted by molar-refractivity contribution is 8.14. The van der Waals surface area contributed by atoms with Gasteiger partial charge in [-0.3, -0.25) is 0 Å². The van der Waals surface area contributed by atoms with E-state index in [0.29, 0.717) is 20.9 Å². The number of benzene rings is 2. The van der Waals surface area contributed by atoms with Gasteiger partial charge in [-0.05, 0) is 23.3 Å². The molecule has 0 bridgehead atoms. The summed E-state index contributed by atoms with van der Waals surface area (Å²) in [5.74, 6) is -16.0. The summed E-state index contributed by atoms with van der Waals surface area (Å²) in [5.41, 5.74) is -2.51. The molecule has 10 heteroatoms. The Hall–Kier alpha value is -2.40. The van der Waals surface area contributed by atoms with Crippen molar-refractivity contribution in [3.63, 3.8) is 0 Å². The number of hydrogen-bond acceptors (Lipinski definition) is 4. The van der Waals surface area contributed by atoms with E-state index in [2.05, 4.69) is 0 Å². The van der Waals surface area contributed by atoms with Crippen LogP contribution in [0.25, 0.3) is 9.81 Å². The normalized spacial score (nSPS) is 30.6. The molecule has 4 aliphatic rings. The molecule has 0 aromatic heterocycles. The Morgan fingerprint density at radius 1 is 0.568 bits per heavy atom. The van der Waals surface area contributed by atoms with E-state index >= 15 is 17.6 Å². The molecule has 0 radical (unpaired) electrons. The van der Waals surface area contributed by atoms with Crippen molar-refractivity contribution in [2.75, 3.05) is 14.2 Å². The zero-order chi connectivity index (χ0) is 26.4. The first kappa shape index (κ1) is 24.9. The van der Waals surface area contributed by atoms with Crippen molar-refractivity contribution in [3.05, 3.63) is 106 Å². The molecule has 1 saturated carbocycles. The first-order chi connectivity index (χ1) is 17.5. The minimum absolute atomic E-state index is 0.407. The van der Waals surface area contributed by atoms with Crippen molar-refractivity contribution in [2.45, 2.75) is 27.6 Å². The number of fused-ring (bicyclic) bond motifs is 4. The second-order valence-electron chi connectivity index (χ2n) is 8.90. The van der Waals surface area contributed by atoms with Gasteiger partial charge >= 0.3 is 17.8 Å². The molecule has 2 aromatic carbocycles. The minimum atomic E-state index is -5.66. The second kappa shape index (κ2) is 7.81. The van der Waals surface area contributed by atoms with Gasteiger partial charge < -0.3 is 9.47 Å². The minimum Gasteiger partial charge on any atom is -0.358 e. The van der Waals surface area contributed by atoms with E-state index in [9.17, 15) is 8.78 Å². The number of rotatable bonds is 4. The van der Waals surface area contributed by atoms with Crippen LogP contribution in [-0.2, 0) is 9.47 Å². The van der Waals surface area contributed by atoms with E-state index in [1.165, 1.54) is 26.4 Å². The average molecular weight is 553 g/mol. The van der Waals surface area contributed by atoms with E-state index in [4.69, 9.17) is 9.47 Å². The number of halogens is 6. The Labute approximate surface area is 217 Å². The molecular weight excluding hydrogens is 534 g/mol. The van der Waals surface area contributed by atoms with E-state index in [1.807, 2.05) is 0 Å². The molecule has 2 aromatic rings. The van der Waals surface area contributed by atoms with Crippen LogP contribution in [0, 0.1) is 0 Å². The van der Waals surface area contributed by atoms with E-state index in [0.717, 1.165) is 23.5 Å². The maximum atomic E-state index is 15.4. The van der Waals surface area contributed by atoms with Gasteiger partial charge in [0.05, 0.1) is 0 Å². The highest BCUT2D eigenvalue weighted by Crippen LogP contribution is 2.75. The summed E-state index contributed by atoms with van der Waals surface area (Å²) in [7, 11) is 2.48. The molecule has 0 unspecified atom stereocenters. The molecule has 0 amide bonds. The molecule has 2 nitrogen and oxygen atoms in total. The second-order valence-corrected chi connectivity index (χ2v) is 11.3. The fourth-order valence-electron chi connectivity index (χ4n) is 5.39. The predicted molar refractivity (Wildman–Crippen MR) is 132 cm³/mol. The first-order valence-electron chi connectivity index (χ1n) is 11.2. The number of thioether (sulfide) groups is 2. The van der Waals surface area contributed by atoms with Gasteiger partial charge in [-0.15, -0.1) is 0 Å². The largest absolute Gasteiger partial charge is 0.380 e. The number of hydrogen-bond donors (Lipinski definition) is 0. The molecule has 2 aliphatic carbocycles. The zero-order valence-electron chi connectivity index (χ0n) is 19.3. The van der Waals surface area contributed by atoms with Gasteiger partial charge in [0.2, 0.25) is 0 Å². The topological polar surface area (TPSA) is 18.5 Å². The van der Waals surface area contributed by atoms with Crippen molar-refractivity contribution in [2.24, 2.45) is 0 Å². The third-order valence-corrected chi connectivity index (χ3v) is 10.3. The van der Waals surface area contributed by atoms with Gasteiger partial charge in [0.25, 0.3) is 0 Å². The fraction of sp³-hybridized carbons (Fsp3) is 0.259. The van der Waals surface area contributed by atoms with E-state index in [-0.39, 0.29) is 0 Å². The molecule has 2 atom stereocenters. The molecule has 37 heavy (non-hydrogen) atoms. The molecule has 0 saturated heterocycles. The summed E-state index contributed by atoms with van der Waals surface area (Å²) < 4.78 is 103. The maximum Gasteiger partial charge on any atom is 0.380 e. The summed E-state index contributed by atoms with van der Waals surface area (Å²) in [6.07, 6.45) is 2.51. The third kappa shape index (κ3) is 2.84. The van der Waals surface area contributed by atoms with Crippen molar-refractivity contribution < 1.29 is 35.8 Å². The Balaban J connectivity index is 1.72. The van der Waals surface area contributed by atoms with Crippen LogP contribution in [0.1, 0.15) is 11.1 Å². The van der Waals surface area contributed by atoms with Gasteiger partial charge in [-0.25, -0.2) is 0 Å². The Kier molecular flexibility index (Phi) is 5.26. The van der Waals surface area contributed by atoms with Gasteiger partial charge in [0.1, 0.15) is 0 Å². The monoisotopic (exact) mass is 552 g/mol. The van der Waals surface area contributed by atoms with Crippen LogP contribution in [0.4, 0.5) is 26.3 Å². The quantitative estimate of drug-likeness (QED) is 0.361. The molecule has 0 spiro atoms. The molecule has 2 aliphatic heterocycles. The molecule has 1 fully saturated rings. The lowest BCUT2D eigenvalue weighted by Gasteiger charge is -2.48. The lowest BCUT2D eigenvalue weighted by molar-refractivity contribution is -0.258. The predicted octanol–water partition coefficient (Wildman–Crippen LogP) is 7.77. The maximum absolute atomic E-state index is 15.4. The van der Waals surface area contributed by atoms with Crippen molar-refractivity contribution in [1.29, 1.82) is 0 Å². The average Bonchev–Trinajstić information content (AvgIpc) is 3.51. The molecule has 2 heterocycles. The van der Waals surface area contributed by atoms with Crippen LogP contribution in [-0.4, -0.2) is 41.9 Å². The lowest BCUT2D eigenvalue weighted by Crippen LogP contribution is -2.55. The Morgan fingerprint density at radius 2 is 0.919 bits per heavy atom. The number of ether oxygens (including phenoxy) is 2. The summed E-state index contributed by atoms with van der Waals surface area (Å²) in [6, 6.07) is 17.3. The van der Waals surface area contributed by atoms with E-state index in [1.54, 1.807) is 60.7 Å². The SMILES string of the molecule is CO[C@]12SC(c3ccccc3)=CC1=C1C(=C3C=C(c4ccccc4)S[C@@]32OC)C(F)(F)C(F)(F)C1(F)F. The standard InChI is InChI=1S/C27H18F6O2S2/c1-34-25-17(13-19(36-25)15-9-5-3-6-10-15)21-22(24(30,31)27(32,33)23(21,28)29)18-14-20(37-26(18,25)35-2)16-11-7-4-8-12-16/h3-14H,1-2H3/t25-,26-/m0/s1. The van der Waals surface area contributed by atoms with Crippen LogP contribution in [0.2, 0.25) is 0 Å². The van der Waals surface area contributed by atoms with Crippen LogP contribution in [0.3, 0.4) is 0 Å². The highest BCUT2D eigenvalue weighted by Gasteiger charge is 2.85. The Morgan fingerprint density at radius 3 is 1.24 bits per heavy atom. The Bertz CT molecular complexity index is 1320. The highest BCUT2D eigenvalue weighted by atomic mass is 32.2. The molecular formula is C27H18F6O2S2. The number of allylic oxidation sites excluding steroid dienone is 2. The molecule has 192 valence electrons. The summed E-state index contributed by atoms with van der Waals surface area (Å²) in [4.78, 5) is -2.91. The lowest BCUT2D eigenvalue weighted by atomic mass is 9.80. The zero-order valence-corrected chi connectivity index (χ0v) is 21.0. The van der Waals surface area contributed by atoms with Crippen molar-refractivity contribution >= 4 is 33.3 Å². The van der Waals surface area contributed by atoms with Gasteiger partial charge in [-0.1, -0.05) is 84.2 Å². The summed E-state index contributed by atoms with van der Waals surface area (Å²) in [6.45, 7) is 0. The van der Waals surface area contributed by atoms with Gasteiger partial charge in [0.15, 0.2) is 9.87 Å². The number of alkyl halides is 6. The molecule has 6 rings (SSSR count). The van der Waals surface area contributed by atoms with Gasteiger partial charge in [-0.2, -0.15) is 26.3 Å². The van der Waals surface area contributed by atoms with Gasteiger partial charge in [0, 0.05) is 46.3 Å². The van der Waals surface area contributed by atoms with Crippen molar-refractivity contribution in [1.82, 2.24) is 0 Å². The summed E-state index contributed by atoms with van der Waals surface area (Å²) in [5, 5.41) is 0. The molecule has 0 N–H and O–H groups in total. The van der Waals surface area contributed by atoms with Crippen LogP contribution in [0.15, 0.2) is 95.1 Å². The van der Waals surface area contributed by atoms with Crippen LogP contribution in [0.5, 0.6) is 0 Å². The smallest absolute Gasteiger partial charge is 0.358 e. The third-order valence-electron chi connectivity index (χ3n) is 7.10. The fourth-order valence-corrected chi connectivity index (χ4v) is 8.48. The van der Waals surface area contributed by atoms with E-state index < -0.39 is 49.9 Å². The van der Waals surface area contributed by atoms with Crippen LogP contribution < -0.4 is 0 Å². The number of methoxy groups -OCH3 is 2. The van der Waals surface area contributed by atoms with Crippen molar-refractivity contribution in [3.8, 4) is 0 Å². The van der Waals surface area contributed by atoms with Crippen LogP contribution >= 0.6 is 23.5 Å². The summed E-state index contributed by atoms with van der Waals surface area (Å²) >= 11 is 1.97. The first-order valence-corrected chi connectivity index (χ1v) is 12.8.